The van der Waals surface area contributed by atoms with Gasteiger partial charge in [-0.15, -0.1) is 0 Å². The lowest BCUT2D eigenvalue weighted by Gasteiger charge is -2.27. The summed E-state index contributed by atoms with van der Waals surface area (Å²) in [7, 11) is 0. The molecule has 27 heavy (non-hydrogen) atoms. The van der Waals surface area contributed by atoms with E-state index in [0.29, 0.717) is 12.4 Å². The van der Waals surface area contributed by atoms with Crippen molar-refractivity contribution in [1.29, 1.82) is 5.26 Å². The van der Waals surface area contributed by atoms with E-state index < -0.39 is 11.4 Å². The fraction of sp³-hybridized carbons (Fsp3) is 0.381. The topological polar surface area (TPSA) is 42.2 Å². The maximum Gasteiger partial charge on any atom is 0.131 e. The third kappa shape index (κ3) is 4.90. The molecule has 0 heterocycles. The highest BCUT2D eigenvalue weighted by molar-refractivity contribution is 9.11. The van der Waals surface area contributed by atoms with Crippen molar-refractivity contribution < 1.29 is 13.9 Å². The van der Waals surface area contributed by atoms with Crippen LogP contribution in [0, 0.1) is 17.1 Å². The summed E-state index contributed by atoms with van der Waals surface area (Å²) in [5.74, 6) is 0.232. The molecule has 0 spiro atoms. The smallest absolute Gasteiger partial charge is 0.131 e. The minimum absolute atomic E-state index is 0.0150. The van der Waals surface area contributed by atoms with Gasteiger partial charge in [0.25, 0.3) is 0 Å². The van der Waals surface area contributed by atoms with Crippen molar-refractivity contribution in [2.45, 2.75) is 44.0 Å². The first-order valence-corrected chi connectivity index (χ1v) is 10.4. The average molecular weight is 499 g/mol. The summed E-state index contributed by atoms with van der Waals surface area (Å²) in [6.45, 7) is 10.6. The molecule has 2 rings (SSSR count). The Labute approximate surface area is 176 Å². The zero-order valence-electron chi connectivity index (χ0n) is 15.6. The van der Waals surface area contributed by atoms with Crippen LogP contribution in [0.2, 0.25) is 0 Å². The minimum atomic E-state index is -0.525. The van der Waals surface area contributed by atoms with E-state index in [1.165, 1.54) is 18.2 Å². The monoisotopic (exact) mass is 497 g/mol. The summed E-state index contributed by atoms with van der Waals surface area (Å²) in [4.78, 5) is -0.0150. The van der Waals surface area contributed by atoms with Gasteiger partial charge in [-0.3, -0.25) is 0 Å². The van der Waals surface area contributed by atoms with E-state index in [1.54, 1.807) is 6.08 Å². The molecule has 1 aliphatic carbocycles. The Balaban J connectivity index is 2.54. The van der Waals surface area contributed by atoms with Crippen LogP contribution in [-0.4, -0.2) is 17.0 Å². The zero-order valence-corrected chi connectivity index (χ0v) is 18.8. The number of nitriles is 1. The molecule has 0 amide bonds. The van der Waals surface area contributed by atoms with E-state index in [0.717, 1.165) is 28.5 Å². The van der Waals surface area contributed by atoms with Gasteiger partial charge in [-0.1, -0.05) is 45.4 Å². The number of benzene rings is 1. The van der Waals surface area contributed by atoms with E-state index >= 15 is 0 Å². The molecule has 3 nitrogen and oxygen atoms in total. The molecule has 2 atom stereocenters. The van der Waals surface area contributed by atoms with Gasteiger partial charge in [0.2, 0.25) is 0 Å². The highest BCUT2D eigenvalue weighted by atomic mass is 79.9. The standard InChI is InChI=1S/C21H22Br2FNO2/c1-5-7-26-21(4)11-17(23)19(20(21)13(3)22)18(6-2)27-16-9-14(12-25)8-15(24)10-16/h6,8-10,17H,2,5,7,11H2,1,3-4H3/b19-18?,20-13-. The van der Waals surface area contributed by atoms with Crippen LogP contribution in [0.3, 0.4) is 0 Å². The average Bonchev–Trinajstić information content (AvgIpc) is 2.88. The molecule has 0 aliphatic heterocycles. The summed E-state index contributed by atoms with van der Waals surface area (Å²) in [6.07, 6.45) is 3.25. The Morgan fingerprint density at radius 2 is 2.19 bits per heavy atom. The summed E-state index contributed by atoms with van der Waals surface area (Å²) < 4.78 is 26.8. The zero-order chi connectivity index (χ0) is 20.2. The Morgan fingerprint density at radius 1 is 1.48 bits per heavy atom. The highest BCUT2D eigenvalue weighted by Gasteiger charge is 2.45. The predicted octanol–water partition coefficient (Wildman–Crippen LogP) is 6.54. The first-order chi connectivity index (χ1) is 12.8. The van der Waals surface area contributed by atoms with Gasteiger partial charge in [0.15, 0.2) is 0 Å². The van der Waals surface area contributed by atoms with Crippen molar-refractivity contribution >= 4 is 31.9 Å². The van der Waals surface area contributed by atoms with E-state index in [-0.39, 0.29) is 16.1 Å². The first-order valence-electron chi connectivity index (χ1n) is 8.66. The summed E-state index contributed by atoms with van der Waals surface area (Å²) in [5.41, 5.74) is 1.61. The maximum atomic E-state index is 13.8. The summed E-state index contributed by atoms with van der Waals surface area (Å²) in [5, 5.41) is 9.06. The van der Waals surface area contributed by atoms with Crippen LogP contribution < -0.4 is 4.74 Å². The van der Waals surface area contributed by atoms with Gasteiger partial charge >= 0.3 is 0 Å². The van der Waals surface area contributed by atoms with Crippen molar-refractivity contribution in [2.75, 3.05) is 6.61 Å². The second-order valence-corrected chi connectivity index (χ2v) is 8.83. The number of alkyl halides is 1. The van der Waals surface area contributed by atoms with E-state index in [1.807, 2.05) is 13.0 Å². The molecule has 0 aromatic heterocycles. The fourth-order valence-corrected chi connectivity index (χ4v) is 5.00. The van der Waals surface area contributed by atoms with Crippen LogP contribution in [-0.2, 0) is 4.74 Å². The van der Waals surface area contributed by atoms with E-state index in [2.05, 4.69) is 52.3 Å². The second kappa shape index (κ2) is 9.18. The predicted molar refractivity (Wildman–Crippen MR) is 113 cm³/mol. The van der Waals surface area contributed by atoms with Gasteiger partial charge in [0.1, 0.15) is 17.3 Å². The lowest BCUT2D eigenvalue weighted by Crippen LogP contribution is -2.28. The number of rotatable bonds is 6. The molecule has 0 N–H and O–H groups in total. The van der Waals surface area contributed by atoms with Crippen molar-refractivity contribution in [2.24, 2.45) is 0 Å². The third-order valence-corrected chi connectivity index (χ3v) is 5.51. The number of hydrogen-bond acceptors (Lipinski definition) is 3. The third-order valence-electron chi connectivity index (χ3n) is 4.33. The van der Waals surface area contributed by atoms with Gasteiger partial charge < -0.3 is 9.47 Å². The van der Waals surface area contributed by atoms with Crippen LogP contribution >= 0.6 is 31.9 Å². The number of nitrogens with zero attached hydrogens (tertiary/aromatic N) is 1. The Kier molecular flexibility index (Phi) is 7.44. The molecule has 1 fully saturated rings. The van der Waals surface area contributed by atoms with Crippen molar-refractivity contribution in [1.82, 2.24) is 0 Å². The van der Waals surface area contributed by atoms with Crippen LogP contribution in [0.1, 0.15) is 39.2 Å². The summed E-state index contributed by atoms with van der Waals surface area (Å²) in [6, 6.07) is 5.85. The molecular formula is C21H22Br2FNO2. The van der Waals surface area contributed by atoms with Crippen molar-refractivity contribution in [3.8, 4) is 11.8 Å². The normalized spacial score (nSPS) is 25.7. The molecule has 2 unspecified atom stereocenters. The highest BCUT2D eigenvalue weighted by Crippen LogP contribution is 2.49. The van der Waals surface area contributed by atoms with E-state index in [9.17, 15) is 4.39 Å². The van der Waals surface area contributed by atoms with Crippen LogP contribution in [0.25, 0.3) is 0 Å². The Morgan fingerprint density at radius 3 is 2.74 bits per heavy atom. The van der Waals surface area contributed by atoms with Gasteiger partial charge in [-0.2, -0.15) is 5.26 Å². The molecule has 0 bridgehead atoms. The molecule has 1 aliphatic rings. The molecular weight excluding hydrogens is 477 g/mol. The molecule has 144 valence electrons. The number of halogens is 3. The lowest BCUT2D eigenvalue weighted by molar-refractivity contribution is 0.00274. The van der Waals surface area contributed by atoms with Gasteiger partial charge in [-0.25, -0.2) is 4.39 Å². The second-order valence-electron chi connectivity index (χ2n) is 6.53. The Bertz CT molecular complexity index is 837. The number of allylic oxidation sites excluding steroid dienone is 2. The van der Waals surface area contributed by atoms with Gasteiger partial charge in [0, 0.05) is 28.6 Å². The first kappa shape index (κ1) is 21.9. The summed E-state index contributed by atoms with van der Waals surface area (Å²) >= 11 is 7.34. The quantitative estimate of drug-likeness (QED) is 0.330. The molecule has 1 saturated carbocycles. The molecule has 1 aromatic rings. The molecule has 0 saturated heterocycles. The number of hydrogen-bond donors (Lipinski definition) is 0. The SMILES string of the molecule is C=CC(Oc1cc(F)cc(C#N)c1)=C1/C(=C(\C)Br)C(C)(OCCC)CC1Br. The lowest BCUT2D eigenvalue weighted by atomic mass is 9.96. The van der Waals surface area contributed by atoms with Crippen molar-refractivity contribution in [3.05, 3.63) is 63.6 Å². The number of ether oxygens (including phenoxy) is 2. The molecule has 1 aromatic carbocycles. The fourth-order valence-electron chi connectivity index (χ4n) is 3.29. The van der Waals surface area contributed by atoms with Gasteiger partial charge in [0.05, 0.1) is 17.2 Å². The minimum Gasteiger partial charge on any atom is -0.457 e. The van der Waals surface area contributed by atoms with Crippen molar-refractivity contribution in [3.63, 3.8) is 0 Å². The van der Waals surface area contributed by atoms with Crippen LogP contribution in [0.15, 0.2) is 52.2 Å². The van der Waals surface area contributed by atoms with Gasteiger partial charge in [-0.05, 0) is 49.4 Å². The van der Waals surface area contributed by atoms with Crippen LogP contribution in [0.5, 0.6) is 5.75 Å². The molecule has 6 heteroatoms. The van der Waals surface area contributed by atoms with Crippen LogP contribution in [0.4, 0.5) is 4.39 Å². The molecule has 0 radical (unpaired) electrons. The largest absolute Gasteiger partial charge is 0.457 e. The maximum absolute atomic E-state index is 13.8. The van der Waals surface area contributed by atoms with E-state index in [4.69, 9.17) is 14.7 Å². The Hall–Kier alpha value is -1.42.